The van der Waals surface area contributed by atoms with Gasteiger partial charge in [-0.1, -0.05) is 13.8 Å². The molecule has 6 nitrogen and oxygen atoms in total. The number of hydrogen-bond acceptors (Lipinski definition) is 3. The van der Waals surface area contributed by atoms with E-state index in [1.165, 1.54) is 0 Å². The van der Waals surface area contributed by atoms with Gasteiger partial charge in [-0.3, -0.25) is 14.3 Å². The van der Waals surface area contributed by atoms with Gasteiger partial charge in [-0.25, -0.2) is 0 Å². The SMILES string of the molecule is CCn1cc(CN(CC(C)C)C(=O)c2cc3c([nH]c2=O)CCC3)cn1. The summed E-state index contributed by atoms with van der Waals surface area (Å²) in [6.45, 7) is 8.03. The Hall–Kier alpha value is -2.37. The van der Waals surface area contributed by atoms with Gasteiger partial charge in [-0.15, -0.1) is 0 Å². The Balaban J connectivity index is 1.87. The zero-order valence-corrected chi connectivity index (χ0v) is 15.2. The Morgan fingerprint density at radius 2 is 2.20 bits per heavy atom. The van der Waals surface area contributed by atoms with E-state index in [0.29, 0.717) is 19.0 Å². The van der Waals surface area contributed by atoms with Crippen molar-refractivity contribution in [3.63, 3.8) is 0 Å². The molecular weight excluding hydrogens is 316 g/mol. The fraction of sp³-hybridized carbons (Fsp3) is 0.526. The molecule has 0 unspecified atom stereocenters. The summed E-state index contributed by atoms with van der Waals surface area (Å²) in [4.78, 5) is 30.1. The van der Waals surface area contributed by atoms with E-state index in [4.69, 9.17) is 0 Å². The summed E-state index contributed by atoms with van der Waals surface area (Å²) in [5, 5.41) is 4.27. The van der Waals surface area contributed by atoms with Gasteiger partial charge in [0.15, 0.2) is 0 Å². The summed E-state index contributed by atoms with van der Waals surface area (Å²) in [6.07, 6.45) is 6.60. The van der Waals surface area contributed by atoms with Crippen LogP contribution in [0.3, 0.4) is 0 Å². The number of aryl methyl sites for hydroxylation is 3. The molecule has 3 rings (SSSR count). The van der Waals surface area contributed by atoms with Crippen molar-refractivity contribution < 1.29 is 4.79 Å². The minimum absolute atomic E-state index is 0.200. The number of aromatic amines is 1. The lowest BCUT2D eigenvalue weighted by molar-refractivity contribution is 0.0720. The largest absolute Gasteiger partial charge is 0.334 e. The Bertz CT molecular complexity index is 819. The van der Waals surface area contributed by atoms with Gasteiger partial charge >= 0.3 is 0 Å². The van der Waals surface area contributed by atoms with E-state index in [2.05, 4.69) is 23.9 Å². The van der Waals surface area contributed by atoms with Crippen molar-refractivity contribution in [1.29, 1.82) is 0 Å². The molecule has 134 valence electrons. The van der Waals surface area contributed by atoms with E-state index in [1.54, 1.807) is 17.2 Å². The second-order valence-electron chi connectivity index (χ2n) is 7.15. The average Bonchev–Trinajstić information content (AvgIpc) is 3.20. The molecule has 1 amide bonds. The van der Waals surface area contributed by atoms with E-state index in [9.17, 15) is 9.59 Å². The molecule has 0 bridgehead atoms. The third-order valence-electron chi connectivity index (χ3n) is 4.58. The molecule has 0 spiro atoms. The number of aromatic nitrogens is 3. The molecule has 1 N–H and O–H groups in total. The predicted molar refractivity (Wildman–Crippen MR) is 96.6 cm³/mol. The summed E-state index contributed by atoms with van der Waals surface area (Å²) < 4.78 is 1.84. The van der Waals surface area contributed by atoms with Crippen molar-refractivity contribution in [2.24, 2.45) is 5.92 Å². The topological polar surface area (TPSA) is 71.0 Å². The number of carbonyl (C=O) groups is 1. The molecule has 2 aromatic rings. The molecule has 0 radical (unpaired) electrons. The summed E-state index contributed by atoms with van der Waals surface area (Å²) in [7, 11) is 0. The summed E-state index contributed by atoms with van der Waals surface area (Å²) in [5.41, 5.74) is 3.05. The molecule has 2 heterocycles. The lowest BCUT2D eigenvalue weighted by Crippen LogP contribution is -2.37. The van der Waals surface area contributed by atoms with Crippen LogP contribution < -0.4 is 5.56 Å². The van der Waals surface area contributed by atoms with Crippen LogP contribution in [-0.2, 0) is 25.9 Å². The Kier molecular flexibility index (Phi) is 5.06. The van der Waals surface area contributed by atoms with Gasteiger partial charge < -0.3 is 9.88 Å². The van der Waals surface area contributed by atoms with E-state index in [1.807, 2.05) is 17.8 Å². The first-order chi connectivity index (χ1) is 12.0. The second kappa shape index (κ2) is 7.25. The van der Waals surface area contributed by atoms with Crippen LogP contribution in [0.25, 0.3) is 0 Å². The van der Waals surface area contributed by atoms with Crippen LogP contribution in [0.2, 0.25) is 0 Å². The molecule has 6 heteroatoms. The van der Waals surface area contributed by atoms with Crippen LogP contribution in [0.1, 0.15) is 54.4 Å². The van der Waals surface area contributed by atoms with E-state index < -0.39 is 0 Å². The van der Waals surface area contributed by atoms with Crippen molar-refractivity contribution in [2.45, 2.75) is 53.1 Å². The maximum absolute atomic E-state index is 13.1. The third kappa shape index (κ3) is 3.83. The first-order valence-electron chi connectivity index (χ1n) is 9.03. The van der Waals surface area contributed by atoms with Crippen molar-refractivity contribution >= 4 is 5.91 Å². The van der Waals surface area contributed by atoms with Crippen LogP contribution in [0, 0.1) is 5.92 Å². The number of nitrogens with one attached hydrogen (secondary N) is 1. The summed E-state index contributed by atoms with van der Waals surface area (Å²) in [5.74, 6) is 0.118. The number of fused-ring (bicyclic) bond motifs is 1. The molecule has 0 saturated carbocycles. The third-order valence-corrected chi connectivity index (χ3v) is 4.58. The van der Waals surface area contributed by atoms with Crippen molar-refractivity contribution in [1.82, 2.24) is 19.7 Å². The van der Waals surface area contributed by atoms with Crippen molar-refractivity contribution in [3.05, 3.63) is 51.2 Å². The Labute approximate surface area is 147 Å². The molecule has 0 aliphatic heterocycles. The van der Waals surface area contributed by atoms with E-state index in [-0.39, 0.29) is 17.0 Å². The molecule has 2 aromatic heterocycles. The number of pyridine rings is 1. The summed E-state index contributed by atoms with van der Waals surface area (Å²) in [6, 6.07) is 1.80. The number of nitrogens with zero attached hydrogens (tertiary/aromatic N) is 3. The minimum atomic E-state index is -0.274. The van der Waals surface area contributed by atoms with Crippen molar-refractivity contribution in [3.8, 4) is 0 Å². The Morgan fingerprint density at radius 3 is 2.88 bits per heavy atom. The highest BCUT2D eigenvalue weighted by atomic mass is 16.2. The number of rotatable bonds is 6. The van der Waals surface area contributed by atoms with Gasteiger partial charge in [0.25, 0.3) is 11.5 Å². The average molecular weight is 342 g/mol. The molecule has 0 atom stereocenters. The zero-order valence-electron chi connectivity index (χ0n) is 15.2. The van der Waals surface area contributed by atoms with Crippen LogP contribution in [0.5, 0.6) is 0 Å². The molecule has 0 saturated heterocycles. The lowest BCUT2D eigenvalue weighted by Gasteiger charge is -2.24. The summed E-state index contributed by atoms with van der Waals surface area (Å²) >= 11 is 0. The van der Waals surface area contributed by atoms with Crippen LogP contribution in [-0.4, -0.2) is 32.1 Å². The van der Waals surface area contributed by atoms with Gasteiger partial charge in [0.05, 0.1) is 6.20 Å². The fourth-order valence-electron chi connectivity index (χ4n) is 3.38. The maximum atomic E-state index is 13.1. The number of H-pyrrole nitrogens is 1. The fourth-order valence-corrected chi connectivity index (χ4v) is 3.38. The molecular formula is C19H26N4O2. The smallest absolute Gasteiger partial charge is 0.261 e. The van der Waals surface area contributed by atoms with Gasteiger partial charge in [0, 0.05) is 37.1 Å². The highest BCUT2D eigenvalue weighted by Gasteiger charge is 2.23. The monoisotopic (exact) mass is 342 g/mol. The van der Waals surface area contributed by atoms with Crippen LogP contribution >= 0.6 is 0 Å². The molecule has 1 aliphatic rings. The van der Waals surface area contributed by atoms with E-state index in [0.717, 1.165) is 42.6 Å². The quantitative estimate of drug-likeness (QED) is 0.876. The standard InChI is InChI=1S/C19H26N4O2/c1-4-23-12-14(9-20-23)11-22(10-13(2)3)19(25)16-8-15-6-5-7-17(15)21-18(16)24/h8-9,12-13H,4-7,10-11H2,1-3H3,(H,21,24). The first-order valence-corrected chi connectivity index (χ1v) is 9.03. The second-order valence-corrected chi connectivity index (χ2v) is 7.15. The van der Waals surface area contributed by atoms with Crippen molar-refractivity contribution in [2.75, 3.05) is 6.54 Å². The van der Waals surface area contributed by atoms with Gasteiger partial charge in [0.1, 0.15) is 5.56 Å². The normalized spacial score (nSPS) is 13.3. The molecule has 0 aromatic carbocycles. The van der Waals surface area contributed by atoms with Crippen LogP contribution in [0.4, 0.5) is 0 Å². The minimum Gasteiger partial charge on any atom is -0.334 e. The number of amides is 1. The lowest BCUT2D eigenvalue weighted by atomic mass is 10.1. The number of carbonyl (C=O) groups excluding carboxylic acids is 1. The maximum Gasteiger partial charge on any atom is 0.261 e. The van der Waals surface area contributed by atoms with Gasteiger partial charge in [-0.2, -0.15) is 5.10 Å². The molecule has 25 heavy (non-hydrogen) atoms. The van der Waals surface area contributed by atoms with Gasteiger partial charge in [0.2, 0.25) is 0 Å². The zero-order chi connectivity index (χ0) is 18.0. The highest BCUT2D eigenvalue weighted by Crippen LogP contribution is 2.20. The van der Waals surface area contributed by atoms with Crippen LogP contribution in [0.15, 0.2) is 23.3 Å². The molecule has 1 aliphatic carbocycles. The van der Waals surface area contributed by atoms with Gasteiger partial charge in [-0.05, 0) is 43.7 Å². The predicted octanol–water partition coefficient (Wildman–Crippen LogP) is 2.38. The molecule has 0 fully saturated rings. The Morgan fingerprint density at radius 1 is 1.40 bits per heavy atom. The first kappa shape index (κ1) is 17.5. The van der Waals surface area contributed by atoms with E-state index >= 15 is 0 Å². The highest BCUT2D eigenvalue weighted by molar-refractivity contribution is 5.94. The number of hydrogen-bond donors (Lipinski definition) is 1.